The van der Waals surface area contributed by atoms with Gasteiger partial charge in [0, 0.05) is 3.57 Å². The van der Waals surface area contributed by atoms with Crippen LogP contribution in [-0.4, -0.2) is 19.0 Å². The number of halogens is 1. The van der Waals surface area contributed by atoms with Gasteiger partial charge in [-0.2, -0.15) is 0 Å². The van der Waals surface area contributed by atoms with Gasteiger partial charge in [0.15, 0.2) is 0 Å². The summed E-state index contributed by atoms with van der Waals surface area (Å²) in [6.07, 6.45) is 0. The van der Waals surface area contributed by atoms with E-state index < -0.39 is 5.97 Å². The Labute approximate surface area is 136 Å². The summed E-state index contributed by atoms with van der Waals surface area (Å²) in [5.74, 6) is -0.736. The molecule has 0 spiro atoms. The van der Waals surface area contributed by atoms with E-state index in [1.807, 2.05) is 19.1 Å². The lowest BCUT2D eigenvalue weighted by atomic mass is 10.1. The third-order valence-corrected chi connectivity index (χ3v) is 3.84. The maximum absolute atomic E-state index is 12.3. The standard InChI is InChI=1S/C16H14INO3/c1-10-7-8-11(13(17)9-10)15(19)18-14-6-4-3-5-12(14)16(20)21-2/h3-9H,1-2H3,(H,18,19). The monoisotopic (exact) mass is 395 g/mol. The van der Waals surface area contributed by atoms with Gasteiger partial charge in [0.2, 0.25) is 0 Å². The van der Waals surface area contributed by atoms with Gasteiger partial charge in [0.25, 0.3) is 5.91 Å². The van der Waals surface area contributed by atoms with Crippen LogP contribution in [0.15, 0.2) is 42.5 Å². The lowest BCUT2D eigenvalue weighted by molar-refractivity contribution is 0.0602. The molecule has 0 fully saturated rings. The van der Waals surface area contributed by atoms with Crippen LogP contribution in [0.2, 0.25) is 0 Å². The Bertz CT molecular complexity index is 698. The van der Waals surface area contributed by atoms with Crippen LogP contribution in [0.5, 0.6) is 0 Å². The quantitative estimate of drug-likeness (QED) is 0.638. The lowest BCUT2D eigenvalue weighted by Gasteiger charge is -2.10. The highest BCUT2D eigenvalue weighted by Gasteiger charge is 2.15. The number of hydrogen-bond acceptors (Lipinski definition) is 3. The first-order valence-electron chi connectivity index (χ1n) is 6.27. The van der Waals surface area contributed by atoms with Crippen LogP contribution in [0, 0.1) is 10.5 Å². The lowest BCUT2D eigenvalue weighted by Crippen LogP contribution is -2.16. The molecule has 0 aromatic heterocycles. The molecule has 1 N–H and O–H groups in total. The number of carbonyl (C=O) groups is 2. The van der Waals surface area contributed by atoms with Gasteiger partial charge in [-0.25, -0.2) is 4.79 Å². The molecule has 0 atom stereocenters. The van der Waals surface area contributed by atoms with Gasteiger partial charge >= 0.3 is 5.97 Å². The normalized spacial score (nSPS) is 10.0. The van der Waals surface area contributed by atoms with Crippen LogP contribution < -0.4 is 5.32 Å². The third-order valence-electron chi connectivity index (χ3n) is 2.95. The molecule has 0 saturated carbocycles. The number of amides is 1. The summed E-state index contributed by atoms with van der Waals surface area (Å²) >= 11 is 2.12. The summed E-state index contributed by atoms with van der Waals surface area (Å²) in [5, 5.41) is 2.76. The van der Waals surface area contributed by atoms with Crippen LogP contribution in [0.1, 0.15) is 26.3 Å². The van der Waals surface area contributed by atoms with Crippen molar-refractivity contribution >= 4 is 40.2 Å². The molecule has 4 nitrogen and oxygen atoms in total. The summed E-state index contributed by atoms with van der Waals surface area (Å²) in [5.41, 5.74) is 2.42. The Kier molecular flexibility index (Phi) is 4.95. The minimum absolute atomic E-state index is 0.254. The van der Waals surface area contributed by atoms with Gasteiger partial charge in [-0.15, -0.1) is 0 Å². The number of carbonyl (C=O) groups excluding carboxylic acids is 2. The van der Waals surface area contributed by atoms with Gasteiger partial charge in [-0.05, 0) is 53.8 Å². The van der Waals surface area contributed by atoms with E-state index in [9.17, 15) is 9.59 Å². The molecule has 5 heteroatoms. The Morgan fingerprint density at radius 1 is 1.10 bits per heavy atom. The number of esters is 1. The van der Waals surface area contributed by atoms with E-state index in [1.54, 1.807) is 30.3 Å². The SMILES string of the molecule is COC(=O)c1ccccc1NC(=O)c1ccc(C)cc1I. The smallest absolute Gasteiger partial charge is 0.339 e. The Morgan fingerprint density at radius 2 is 1.81 bits per heavy atom. The number of benzene rings is 2. The Morgan fingerprint density at radius 3 is 2.48 bits per heavy atom. The fraction of sp³-hybridized carbons (Fsp3) is 0.125. The second-order valence-electron chi connectivity index (χ2n) is 4.47. The van der Waals surface area contributed by atoms with Gasteiger partial charge in [-0.1, -0.05) is 23.8 Å². The van der Waals surface area contributed by atoms with Crippen LogP contribution >= 0.6 is 22.6 Å². The third kappa shape index (κ3) is 3.60. The van der Waals surface area contributed by atoms with Crippen molar-refractivity contribution in [1.82, 2.24) is 0 Å². The summed E-state index contributed by atoms with van der Waals surface area (Å²) in [4.78, 5) is 24.0. The Hall–Kier alpha value is -1.89. The molecule has 0 saturated heterocycles. The summed E-state index contributed by atoms with van der Waals surface area (Å²) in [6, 6.07) is 12.3. The molecule has 0 aliphatic heterocycles. The van der Waals surface area contributed by atoms with Crippen LogP contribution in [0.4, 0.5) is 5.69 Å². The van der Waals surface area contributed by atoms with Gasteiger partial charge < -0.3 is 10.1 Å². The number of para-hydroxylation sites is 1. The van der Waals surface area contributed by atoms with Crippen LogP contribution in [-0.2, 0) is 4.74 Å². The zero-order chi connectivity index (χ0) is 15.4. The predicted octanol–water partition coefficient (Wildman–Crippen LogP) is 3.64. The van der Waals surface area contributed by atoms with Gasteiger partial charge in [-0.3, -0.25) is 4.79 Å². The van der Waals surface area contributed by atoms with Crippen molar-refractivity contribution in [3.05, 3.63) is 62.7 Å². The van der Waals surface area contributed by atoms with Crippen molar-refractivity contribution in [1.29, 1.82) is 0 Å². The zero-order valence-corrected chi connectivity index (χ0v) is 13.8. The summed E-state index contributed by atoms with van der Waals surface area (Å²) in [7, 11) is 1.31. The first-order chi connectivity index (χ1) is 10.0. The number of methoxy groups -OCH3 is 1. The number of anilines is 1. The number of aryl methyl sites for hydroxylation is 1. The maximum atomic E-state index is 12.3. The topological polar surface area (TPSA) is 55.4 Å². The average Bonchev–Trinajstić information content (AvgIpc) is 2.46. The van der Waals surface area contributed by atoms with Crippen molar-refractivity contribution in [2.75, 3.05) is 12.4 Å². The second kappa shape index (κ2) is 6.71. The molecule has 2 aromatic rings. The van der Waals surface area contributed by atoms with Crippen molar-refractivity contribution in [2.24, 2.45) is 0 Å². The molecule has 0 unspecified atom stereocenters. The molecular formula is C16H14INO3. The summed E-state index contributed by atoms with van der Waals surface area (Å²) in [6.45, 7) is 1.97. The number of hydrogen-bond donors (Lipinski definition) is 1. The molecule has 21 heavy (non-hydrogen) atoms. The molecule has 0 bridgehead atoms. The van der Waals surface area contributed by atoms with Crippen molar-refractivity contribution in [2.45, 2.75) is 6.92 Å². The maximum Gasteiger partial charge on any atom is 0.339 e. The largest absolute Gasteiger partial charge is 0.465 e. The molecule has 0 aliphatic carbocycles. The van der Waals surface area contributed by atoms with Crippen molar-refractivity contribution in [3.8, 4) is 0 Å². The highest BCUT2D eigenvalue weighted by Crippen LogP contribution is 2.19. The number of nitrogens with one attached hydrogen (secondary N) is 1. The average molecular weight is 395 g/mol. The van der Waals surface area contributed by atoms with E-state index in [-0.39, 0.29) is 5.91 Å². The number of rotatable bonds is 3. The van der Waals surface area contributed by atoms with E-state index >= 15 is 0 Å². The van der Waals surface area contributed by atoms with E-state index in [0.29, 0.717) is 16.8 Å². The molecule has 2 aromatic carbocycles. The first-order valence-corrected chi connectivity index (χ1v) is 7.35. The van der Waals surface area contributed by atoms with Crippen molar-refractivity contribution in [3.63, 3.8) is 0 Å². The highest BCUT2D eigenvalue weighted by atomic mass is 127. The molecule has 0 heterocycles. The van der Waals surface area contributed by atoms with Crippen LogP contribution in [0.25, 0.3) is 0 Å². The molecule has 2 rings (SSSR count). The molecule has 108 valence electrons. The second-order valence-corrected chi connectivity index (χ2v) is 5.64. The van der Waals surface area contributed by atoms with Crippen molar-refractivity contribution < 1.29 is 14.3 Å². The fourth-order valence-electron chi connectivity index (χ4n) is 1.87. The zero-order valence-electron chi connectivity index (χ0n) is 11.6. The van der Waals surface area contributed by atoms with E-state index in [2.05, 4.69) is 27.9 Å². The highest BCUT2D eigenvalue weighted by molar-refractivity contribution is 14.1. The fourth-order valence-corrected chi connectivity index (χ4v) is 2.79. The van der Waals surface area contributed by atoms with E-state index in [4.69, 9.17) is 4.74 Å². The van der Waals surface area contributed by atoms with E-state index in [0.717, 1.165) is 9.13 Å². The molecular weight excluding hydrogens is 381 g/mol. The molecule has 0 radical (unpaired) electrons. The van der Waals surface area contributed by atoms with Crippen LogP contribution in [0.3, 0.4) is 0 Å². The van der Waals surface area contributed by atoms with Gasteiger partial charge in [0.05, 0.1) is 23.9 Å². The molecule has 1 amide bonds. The van der Waals surface area contributed by atoms with E-state index in [1.165, 1.54) is 7.11 Å². The predicted molar refractivity (Wildman–Crippen MR) is 89.6 cm³/mol. The Balaban J connectivity index is 2.30. The minimum atomic E-state index is -0.482. The summed E-state index contributed by atoms with van der Waals surface area (Å²) < 4.78 is 5.57. The first kappa shape index (κ1) is 15.5. The molecule has 0 aliphatic rings. The minimum Gasteiger partial charge on any atom is -0.465 e. The van der Waals surface area contributed by atoms with Gasteiger partial charge in [0.1, 0.15) is 0 Å². The number of ether oxygens (including phenoxy) is 1.